The number of ether oxygens (including phenoxy) is 1. The SMILES string of the molecule is COCCn1ncc(Cl)c1C1(O)CCc2ccc(C)cc21. The summed E-state index contributed by atoms with van der Waals surface area (Å²) in [4.78, 5) is 0. The summed E-state index contributed by atoms with van der Waals surface area (Å²) in [6.45, 7) is 3.13. The van der Waals surface area contributed by atoms with Crippen molar-refractivity contribution in [3.05, 3.63) is 51.8 Å². The molecule has 1 aliphatic rings. The minimum Gasteiger partial charge on any atom is -0.383 e. The second-order valence-corrected chi connectivity index (χ2v) is 5.99. The average molecular weight is 307 g/mol. The summed E-state index contributed by atoms with van der Waals surface area (Å²) in [5.41, 5.74) is 2.86. The van der Waals surface area contributed by atoms with Crippen LogP contribution < -0.4 is 0 Å². The molecule has 0 saturated heterocycles. The lowest BCUT2D eigenvalue weighted by Crippen LogP contribution is -2.29. The first kappa shape index (κ1) is 14.6. The predicted octanol–water partition coefficient (Wildman–Crippen LogP) is 2.67. The Morgan fingerprint density at radius 2 is 2.29 bits per heavy atom. The average Bonchev–Trinajstić information content (AvgIpc) is 2.99. The molecule has 1 aromatic heterocycles. The van der Waals surface area contributed by atoms with Crippen LogP contribution >= 0.6 is 11.6 Å². The number of methoxy groups -OCH3 is 1. The van der Waals surface area contributed by atoms with Crippen LogP contribution in [-0.2, 0) is 23.3 Å². The molecule has 0 fully saturated rings. The first-order valence-corrected chi connectivity index (χ1v) is 7.47. The standard InChI is InChI=1S/C16H19ClN2O2/c1-11-3-4-12-5-6-16(20,13(12)9-11)15-14(17)10-18-19(15)7-8-21-2/h3-4,9-10,20H,5-8H2,1-2H3. The summed E-state index contributed by atoms with van der Waals surface area (Å²) in [5.74, 6) is 0. The van der Waals surface area contributed by atoms with Gasteiger partial charge in [0, 0.05) is 7.11 Å². The smallest absolute Gasteiger partial charge is 0.133 e. The molecule has 112 valence electrons. The summed E-state index contributed by atoms with van der Waals surface area (Å²) >= 11 is 6.32. The van der Waals surface area contributed by atoms with Crippen LogP contribution in [0.1, 0.15) is 28.8 Å². The van der Waals surface area contributed by atoms with E-state index in [0.717, 1.165) is 17.5 Å². The molecule has 2 aromatic rings. The van der Waals surface area contributed by atoms with Crippen molar-refractivity contribution in [2.24, 2.45) is 0 Å². The van der Waals surface area contributed by atoms with Gasteiger partial charge in [-0.2, -0.15) is 5.10 Å². The Hall–Kier alpha value is -1.36. The third-order valence-corrected chi connectivity index (χ3v) is 4.44. The van der Waals surface area contributed by atoms with Crippen LogP contribution in [0.15, 0.2) is 24.4 Å². The Bertz CT molecular complexity index is 668. The van der Waals surface area contributed by atoms with E-state index in [2.05, 4.69) is 17.2 Å². The number of fused-ring (bicyclic) bond motifs is 1. The molecule has 1 atom stereocenters. The molecule has 0 spiro atoms. The Balaban J connectivity index is 2.09. The first-order valence-electron chi connectivity index (χ1n) is 7.09. The topological polar surface area (TPSA) is 47.3 Å². The van der Waals surface area contributed by atoms with Gasteiger partial charge in [0.05, 0.1) is 30.1 Å². The van der Waals surface area contributed by atoms with E-state index in [1.807, 2.05) is 13.0 Å². The molecule has 4 nitrogen and oxygen atoms in total. The molecule has 3 rings (SSSR count). The fourth-order valence-corrected chi connectivity index (χ4v) is 3.41. The second kappa shape index (κ2) is 5.44. The van der Waals surface area contributed by atoms with Crippen LogP contribution in [0.25, 0.3) is 0 Å². The minimum absolute atomic E-state index is 0.503. The van der Waals surface area contributed by atoms with Gasteiger partial charge in [-0.15, -0.1) is 0 Å². The maximum Gasteiger partial charge on any atom is 0.133 e. The molecule has 1 heterocycles. The van der Waals surface area contributed by atoms with Gasteiger partial charge in [-0.25, -0.2) is 0 Å². The third kappa shape index (κ3) is 2.37. The number of halogens is 1. The highest BCUT2D eigenvalue weighted by atomic mass is 35.5. The molecular weight excluding hydrogens is 288 g/mol. The van der Waals surface area contributed by atoms with E-state index in [1.54, 1.807) is 18.0 Å². The molecule has 0 amide bonds. The fraction of sp³-hybridized carbons (Fsp3) is 0.438. The van der Waals surface area contributed by atoms with Crippen molar-refractivity contribution in [1.82, 2.24) is 9.78 Å². The van der Waals surface area contributed by atoms with Gasteiger partial charge >= 0.3 is 0 Å². The van der Waals surface area contributed by atoms with Crippen molar-refractivity contribution in [1.29, 1.82) is 0 Å². The van der Waals surface area contributed by atoms with Gasteiger partial charge in [0.15, 0.2) is 0 Å². The van der Waals surface area contributed by atoms with Crippen molar-refractivity contribution in [2.75, 3.05) is 13.7 Å². The van der Waals surface area contributed by atoms with Crippen molar-refractivity contribution in [2.45, 2.75) is 31.9 Å². The molecule has 21 heavy (non-hydrogen) atoms. The van der Waals surface area contributed by atoms with Crippen LogP contribution in [-0.4, -0.2) is 28.6 Å². The molecule has 0 aliphatic heterocycles. The van der Waals surface area contributed by atoms with Crippen molar-refractivity contribution in [3.63, 3.8) is 0 Å². The maximum atomic E-state index is 11.3. The quantitative estimate of drug-likeness (QED) is 0.944. The van der Waals surface area contributed by atoms with Crippen LogP contribution in [0.3, 0.4) is 0 Å². The van der Waals surface area contributed by atoms with E-state index < -0.39 is 5.60 Å². The lowest BCUT2D eigenvalue weighted by Gasteiger charge is -2.26. The molecule has 0 radical (unpaired) electrons. The third-order valence-electron chi connectivity index (χ3n) is 4.16. The molecule has 1 unspecified atom stereocenters. The van der Waals surface area contributed by atoms with Gasteiger partial charge in [0.2, 0.25) is 0 Å². The molecular formula is C16H19ClN2O2. The number of hydrogen-bond acceptors (Lipinski definition) is 3. The zero-order valence-electron chi connectivity index (χ0n) is 12.3. The Labute approximate surface area is 129 Å². The van der Waals surface area contributed by atoms with Gasteiger partial charge in [-0.05, 0) is 30.9 Å². The normalized spacial score (nSPS) is 20.8. The summed E-state index contributed by atoms with van der Waals surface area (Å²) in [6, 6.07) is 6.22. The fourth-order valence-electron chi connectivity index (χ4n) is 3.11. The van der Waals surface area contributed by atoms with Gasteiger partial charge in [0.25, 0.3) is 0 Å². The van der Waals surface area contributed by atoms with Crippen LogP contribution in [0.5, 0.6) is 0 Å². The van der Waals surface area contributed by atoms with Gasteiger partial charge in [-0.3, -0.25) is 4.68 Å². The number of aliphatic hydroxyl groups is 1. The summed E-state index contributed by atoms with van der Waals surface area (Å²) in [7, 11) is 1.65. The zero-order valence-corrected chi connectivity index (χ0v) is 13.0. The minimum atomic E-state index is -1.07. The molecule has 1 aliphatic carbocycles. The number of hydrogen-bond donors (Lipinski definition) is 1. The summed E-state index contributed by atoms with van der Waals surface area (Å²) in [6.07, 6.45) is 3.07. The lowest BCUT2D eigenvalue weighted by molar-refractivity contribution is 0.0704. The highest BCUT2D eigenvalue weighted by molar-refractivity contribution is 6.31. The Morgan fingerprint density at radius 3 is 3.05 bits per heavy atom. The van der Waals surface area contributed by atoms with Crippen LogP contribution in [0.4, 0.5) is 0 Å². The highest BCUT2D eigenvalue weighted by Crippen LogP contribution is 2.44. The molecule has 1 aromatic carbocycles. The Morgan fingerprint density at radius 1 is 1.48 bits per heavy atom. The number of benzene rings is 1. The maximum absolute atomic E-state index is 11.3. The van der Waals surface area contributed by atoms with E-state index in [1.165, 1.54) is 5.56 Å². The number of aromatic nitrogens is 2. The summed E-state index contributed by atoms with van der Waals surface area (Å²) in [5, 5.41) is 16.1. The van der Waals surface area contributed by atoms with Crippen LogP contribution in [0.2, 0.25) is 5.02 Å². The van der Waals surface area contributed by atoms with Gasteiger partial charge in [0.1, 0.15) is 5.60 Å². The molecule has 1 N–H and O–H groups in total. The van der Waals surface area contributed by atoms with Crippen molar-refractivity contribution < 1.29 is 9.84 Å². The lowest BCUT2D eigenvalue weighted by atomic mass is 9.91. The summed E-state index contributed by atoms with van der Waals surface area (Å²) < 4.78 is 6.86. The van der Waals surface area contributed by atoms with Crippen LogP contribution in [0, 0.1) is 6.92 Å². The predicted molar refractivity (Wildman–Crippen MR) is 81.6 cm³/mol. The van der Waals surface area contributed by atoms with Gasteiger partial charge < -0.3 is 9.84 Å². The Kier molecular flexibility index (Phi) is 3.78. The number of aryl methyl sites for hydroxylation is 2. The van der Waals surface area contributed by atoms with Crippen molar-refractivity contribution in [3.8, 4) is 0 Å². The first-order chi connectivity index (χ1) is 10.1. The zero-order chi connectivity index (χ0) is 15.0. The molecule has 0 bridgehead atoms. The second-order valence-electron chi connectivity index (χ2n) is 5.58. The number of nitrogens with zero attached hydrogens (tertiary/aromatic N) is 2. The molecule has 0 saturated carbocycles. The van der Waals surface area contributed by atoms with Gasteiger partial charge in [-0.1, -0.05) is 35.4 Å². The van der Waals surface area contributed by atoms with E-state index in [0.29, 0.717) is 30.3 Å². The number of rotatable bonds is 4. The van der Waals surface area contributed by atoms with E-state index >= 15 is 0 Å². The monoisotopic (exact) mass is 306 g/mol. The van der Waals surface area contributed by atoms with E-state index in [9.17, 15) is 5.11 Å². The van der Waals surface area contributed by atoms with Crippen molar-refractivity contribution >= 4 is 11.6 Å². The highest BCUT2D eigenvalue weighted by Gasteiger charge is 2.42. The molecule has 5 heteroatoms. The van der Waals surface area contributed by atoms with E-state index in [4.69, 9.17) is 16.3 Å². The largest absolute Gasteiger partial charge is 0.383 e. The van der Waals surface area contributed by atoms with E-state index in [-0.39, 0.29) is 0 Å².